The van der Waals surface area contributed by atoms with Crippen LogP contribution in [0.1, 0.15) is 47.5 Å². The molecule has 0 unspecified atom stereocenters. The van der Waals surface area contributed by atoms with Crippen LogP contribution < -0.4 is 24.4 Å². The van der Waals surface area contributed by atoms with E-state index in [1.54, 1.807) is 32.4 Å². The molecule has 4 rings (SSSR count). The number of hydrogen-bond donors (Lipinski definition) is 1. The Hall–Kier alpha value is -4.44. The fourth-order valence-electron chi connectivity index (χ4n) is 5.00. The molecule has 0 radical (unpaired) electrons. The van der Waals surface area contributed by atoms with Gasteiger partial charge in [0.2, 0.25) is 11.2 Å². The number of benzene rings is 2. The SMILES string of the molecule is C=C(C)COc1ccc([C@@H](CC(=O)OC)c2oc(CN3CCc4cc(OC)c(OC)cc4C3)cc(=O)c2O)cc1OC. The number of carbonyl (C=O) groups is 1. The first-order valence-corrected chi connectivity index (χ1v) is 13.5. The largest absolute Gasteiger partial charge is 0.502 e. The molecule has 0 bridgehead atoms. The molecule has 2 heterocycles. The fourth-order valence-corrected chi connectivity index (χ4v) is 5.00. The van der Waals surface area contributed by atoms with Gasteiger partial charge in [0.1, 0.15) is 12.4 Å². The van der Waals surface area contributed by atoms with Crippen molar-refractivity contribution in [2.24, 2.45) is 0 Å². The van der Waals surface area contributed by atoms with Gasteiger partial charge < -0.3 is 33.2 Å². The first kappa shape index (κ1) is 30.5. The normalized spacial score (nSPS) is 13.5. The lowest BCUT2D eigenvalue weighted by Gasteiger charge is -2.29. The maximum absolute atomic E-state index is 12.9. The summed E-state index contributed by atoms with van der Waals surface area (Å²) in [7, 11) is 5.99. The Morgan fingerprint density at radius 1 is 1.00 bits per heavy atom. The Kier molecular flexibility index (Phi) is 9.80. The molecule has 0 spiro atoms. The van der Waals surface area contributed by atoms with E-state index in [1.807, 2.05) is 19.1 Å². The zero-order chi connectivity index (χ0) is 30.4. The second-order valence-electron chi connectivity index (χ2n) is 10.2. The number of fused-ring (bicyclic) bond motifs is 1. The Labute approximate surface area is 245 Å². The Morgan fingerprint density at radius 3 is 2.31 bits per heavy atom. The number of rotatable bonds is 12. The number of ether oxygens (including phenoxy) is 5. The quantitative estimate of drug-likeness (QED) is 0.241. The van der Waals surface area contributed by atoms with Crippen molar-refractivity contribution in [1.82, 2.24) is 4.90 Å². The van der Waals surface area contributed by atoms with E-state index in [-0.39, 0.29) is 12.2 Å². The number of methoxy groups -OCH3 is 4. The van der Waals surface area contributed by atoms with E-state index >= 15 is 0 Å². The van der Waals surface area contributed by atoms with Crippen LogP contribution in [0.5, 0.6) is 28.7 Å². The second-order valence-corrected chi connectivity index (χ2v) is 10.2. The van der Waals surface area contributed by atoms with Crippen LogP contribution in [-0.2, 0) is 29.0 Å². The van der Waals surface area contributed by atoms with Crippen molar-refractivity contribution >= 4 is 5.97 Å². The first-order valence-electron chi connectivity index (χ1n) is 13.5. The lowest BCUT2D eigenvalue weighted by atomic mass is 9.91. The standard InChI is InChI=1S/C32H37NO9/c1-19(2)18-41-26-8-7-21(12-27(26)37-3)24(15-30(35)40-6)32-31(36)25(34)14-23(42-32)17-33-10-9-20-11-28(38-4)29(39-5)13-22(20)16-33/h7-8,11-14,24,36H,1,9-10,15-18H2,2-6H3/t24-/m1/s1. The molecule has 2 aromatic carbocycles. The summed E-state index contributed by atoms with van der Waals surface area (Å²) in [5.41, 5.74) is 3.07. The number of esters is 1. The van der Waals surface area contributed by atoms with Crippen LogP contribution in [0.3, 0.4) is 0 Å². The van der Waals surface area contributed by atoms with Crippen LogP contribution in [-0.4, -0.2) is 57.6 Å². The fraction of sp³-hybridized carbons (Fsp3) is 0.375. The molecular weight excluding hydrogens is 542 g/mol. The molecule has 1 aliphatic heterocycles. The monoisotopic (exact) mass is 579 g/mol. The van der Waals surface area contributed by atoms with E-state index < -0.39 is 23.1 Å². The van der Waals surface area contributed by atoms with Crippen LogP contribution in [0.15, 0.2) is 57.8 Å². The van der Waals surface area contributed by atoms with Crippen LogP contribution in [0.4, 0.5) is 0 Å². The number of aromatic hydroxyl groups is 1. The molecule has 1 aromatic heterocycles. The average Bonchev–Trinajstić information content (AvgIpc) is 2.99. The molecular formula is C32H37NO9. The van der Waals surface area contributed by atoms with Crippen molar-refractivity contribution in [3.8, 4) is 28.7 Å². The zero-order valence-electron chi connectivity index (χ0n) is 24.7. The van der Waals surface area contributed by atoms with Crippen LogP contribution in [0.25, 0.3) is 0 Å². The van der Waals surface area contributed by atoms with Crippen molar-refractivity contribution < 1.29 is 38.0 Å². The van der Waals surface area contributed by atoms with Crippen molar-refractivity contribution in [1.29, 1.82) is 0 Å². The lowest BCUT2D eigenvalue weighted by molar-refractivity contribution is -0.140. The van der Waals surface area contributed by atoms with E-state index in [1.165, 1.54) is 25.8 Å². The van der Waals surface area contributed by atoms with Gasteiger partial charge in [0.15, 0.2) is 28.8 Å². The topological polar surface area (TPSA) is 117 Å². The van der Waals surface area contributed by atoms with Gasteiger partial charge >= 0.3 is 5.97 Å². The van der Waals surface area contributed by atoms with Crippen molar-refractivity contribution in [2.45, 2.75) is 38.8 Å². The van der Waals surface area contributed by atoms with Gasteiger partial charge in [0.05, 0.1) is 47.3 Å². The van der Waals surface area contributed by atoms with Crippen molar-refractivity contribution in [3.63, 3.8) is 0 Å². The smallest absolute Gasteiger partial charge is 0.306 e. The minimum atomic E-state index is -0.826. The minimum absolute atomic E-state index is 0.0237. The van der Waals surface area contributed by atoms with E-state index in [4.69, 9.17) is 28.1 Å². The molecule has 1 atom stereocenters. The molecule has 10 nitrogen and oxygen atoms in total. The molecule has 0 aliphatic carbocycles. The third kappa shape index (κ3) is 6.88. The van der Waals surface area contributed by atoms with Gasteiger partial charge in [-0.25, -0.2) is 0 Å². The number of carbonyl (C=O) groups excluding carboxylic acids is 1. The Morgan fingerprint density at radius 2 is 1.67 bits per heavy atom. The lowest BCUT2D eigenvalue weighted by Crippen LogP contribution is -2.30. The van der Waals surface area contributed by atoms with Gasteiger partial charge in [-0.2, -0.15) is 0 Å². The van der Waals surface area contributed by atoms with E-state index in [2.05, 4.69) is 11.5 Å². The summed E-state index contributed by atoms with van der Waals surface area (Å²) in [5.74, 6) is 0.649. The summed E-state index contributed by atoms with van der Waals surface area (Å²) < 4.78 is 33.3. The first-order chi connectivity index (χ1) is 20.2. The molecule has 0 amide bonds. The van der Waals surface area contributed by atoms with E-state index in [9.17, 15) is 14.7 Å². The second kappa shape index (κ2) is 13.5. The molecule has 1 aliphatic rings. The summed E-state index contributed by atoms with van der Waals surface area (Å²) >= 11 is 0. The summed E-state index contributed by atoms with van der Waals surface area (Å²) in [5, 5.41) is 10.8. The highest BCUT2D eigenvalue weighted by molar-refractivity contribution is 5.71. The van der Waals surface area contributed by atoms with Crippen molar-refractivity contribution in [2.75, 3.05) is 41.6 Å². The molecule has 224 valence electrons. The highest BCUT2D eigenvalue weighted by atomic mass is 16.5. The molecule has 42 heavy (non-hydrogen) atoms. The summed E-state index contributed by atoms with van der Waals surface area (Å²) in [6.45, 7) is 7.64. The summed E-state index contributed by atoms with van der Waals surface area (Å²) in [6, 6.07) is 10.4. The number of hydrogen-bond acceptors (Lipinski definition) is 10. The van der Waals surface area contributed by atoms with Gasteiger partial charge in [-0.15, -0.1) is 0 Å². The third-order valence-corrected chi connectivity index (χ3v) is 7.16. The Balaban J connectivity index is 1.66. The molecule has 0 saturated heterocycles. The van der Waals surface area contributed by atoms with E-state index in [0.717, 1.165) is 24.1 Å². The Bertz CT molecular complexity index is 1510. The molecule has 1 N–H and O–H groups in total. The van der Waals surface area contributed by atoms with Gasteiger partial charge in [-0.05, 0) is 59.9 Å². The predicted octanol–water partition coefficient (Wildman–Crippen LogP) is 4.58. The average molecular weight is 580 g/mol. The van der Waals surface area contributed by atoms with E-state index in [0.29, 0.717) is 54.0 Å². The third-order valence-electron chi connectivity index (χ3n) is 7.16. The zero-order valence-corrected chi connectivity index (χ0v) is 24.7. The minimum Gasteiger partial charge on any atom is -0.502 e. The predicted molar refractivity (Wildman–Crippen MR) is 156 cm³/mol. The summed E-state index contributed by atoms with van der Waals surface area (Å²) in [6.07, 6.45) is 0.597. The van der Waals surface area contributed by atoms with Gasteiger partial charge in [0.25, 0.3) is 0 Å². The highest BCUT2D eigenvalue weighted by Gasteiger charge is 2.28. The summed E-state index contributed by atoms with van der Waals surface area (Å²) in [4.78, 5) is 27.5. The maximum Gasteiger partial charge on any atom is 0.306 e. The highest BCUT2D eigenvalue weighted by Crippen LogP contribution is 2.38. The van der Waals surface area contributed by atoms with Gasteiger partial charge in [0, 0.05) is 19.2 Å². The molecule has 10 heteroatoms. The number of nitrogens with zero attached hydrogens (tertiary/aromatic N) is 1. The molecule has 0 saturated carbocycles. The van der Waals surface area contributed by atoms with Gasteiger partial charge in [-0.3, -0.25) is 14.5 Å². The molecule has 0 fully saturated rings. The molecule has 3 aromatic rings. The maximum atomic E-state index is 12.9. The van der Waals surface area contributed by atoms with Crippen LogP contribution in [0, 0.1) is 0 Å². The van der Waals surface area contributed by atoms with Crippen molar-refractivity contribution in [3.05, 3.63) is 87.0 Å². The van der Waals surface area contributed by atoms with Crippen LogP contribution in [0.2, 0.25) is 0 Å². The van der Waals surface area contributed by atoms with Crippen LogP contribution >= 0.6 is 0 Å². The van der Waals surface area contributed by atoms with Gasteiger partial charge in [-0.1, -0.05) is 12.6 Å².